The third-order valence-corrected chi connectivity index (χ3v) is 4.77. The molecule has 2 aromatic carbocycles. The van der Waals surface area contributed by atoms with Gasteiger partial charge in [0, 0.05) is 11.8 Å². The Kier molecular flexibility index (Phi) is 5.71. The molecule has 23 heavy (non-hydrogen) atoms. The van der Waals surface area contributed by atoms with Crippen LogP contribution in [-0.4, -0.2) is 19.5 Å². The molecule has 1 N–H and O–H groups in total. The molecule has 0 aliphatic carbocycles. The molecule has 0 unspecified atom stereocenters. The Morgan fingerprint density at radius 3 is 2.26 bits per heavy atom. The second-order valence-corrected chi connectivity index (χ2v) is 6.98. The average molecular weight is 330 g/mol. The first-order valence-electron chi connectivity index (χ1n) is 7.26. The van der Waals surface area contributed by atoms with Crippen LogP contribution in [0.2, 0.25) is 0 Å². The maximum absolute atomic E-state index is 12.1. The van der Waals surface area contributed by atoms with Crippen molar-refractivity contribution in [2.24, 2.45) is 0 Å². The first-order valence-corrected chi connectivity index (χ1v) is 8.81. The predicted molar refractivity (Wildman–Crippen MR) is 89.7 cm³/mol. The monoisotopic (exact) mass is 330 g/mol. The molecule has 0 amide bonds. The predicted octanol–water partition coefficient (Wildman–Crippen LogP) is 3.54. The number of hydrogen-bond donors (Lipinski definition) is 1. The van der Waals surface area contributed by atoms with E-state index in [0.29, 0.717) is 12.8 Å². The molecule has 2 rings (SSSR count). The fourth-order valence-corrected chi connectivity index (χ4v) is 3.13. The molecule has 0 bridgehead atoms. The van der Waals surface area contributed by atoms with Crippen LogP contribution in [0.15, 0.2) is 64.9 Å². The molecule has 0 aromatic heterocycles. The van der Waals surface area contributed by atoms with E-state index in [9.17, 15) is 13.2 Å². The normalized spacial score (nSPS) is 11.7. The van der Waals surface area contributed by atoms with Crippen LogP contribution >= 0.6 is 0 Å². The minimum absolute atomic E-state index is 0.150. The van der Waals surface area contributed by atoms with E-state index < -0.39 is 15.8 Å². The molecular formula is C18H18O4S. The molecule has 0 fully saturated rings. The Hall–Kier alpha value is -2.40. The van der Waals surface area contributed by atoms with Gasteiger partial charge in [0.1, 0.15) is 0 Å². The maximum atomic E-state index is 12.1. The topological polar surface area (TPSA) is 71.4 Å². The second kappa shape index (κ2) is 7.74. The fraction of sp³-hybridized carbons (Fsp3) is 0.167. The highest BCUT2D eigenvalue weighted by molar-refractivity contribution is 7.94. The first-order chi connectivity index (χ1) is 11.0. The van der Waals surface area contributed by atoms with E-state index in [1.165, 1.54) is 5.41 Å². The summed E-state index contributed by atoms with van der Waals surface area (Å²) in [5.41, 5.74) is 1.82. The lowest BCUT2D eigenvalue weighted by Crippen LogP contribution is -1.96. The number of carbonyl (C=O) groups is 1. The largest absolute Gasteiger partial charge is 0.481 e. The van der Waals surface area contributed by atoms with Gasteiger partial charge in [-0.3, -0.25) is 4.79 Å². The van der Waals surface area contributed by atoms with E-state index in [4.69, 9.17) is 5.11 Å². The minimum Gasteiger partial charge on any atom is -0.481 e. The molecule has 0 saturated heterocycles. The van der Waals surface area contributed by atoms with E-state index in [0.717, 1.165) is 11.1 Å². The Labute approximate surface area is 136 Å². The summed E-state index contributed by atoms with van der Waals surface area (Å²) in [5, 5.41) is 9.81. The SMILES string of the molecule is O=C(O)CCCc1ccc(/C=C/S(=O)(=O)c2ccccc2)cc1. The Morgan fingerprint density at radius 1 is 1.00 bits per heavy atom. The average Bonchev–Trinajstić information content (AvgIpc) is 2.55. The van der Waals surface area contributed by atoms with Gasteiger partial charge in [0.05, 0.1) is 4.90 Å². The van der Waals surface area contributed by atoms with Crippen LogP contribution in [0, 0.1) is 0 Å². The zero-order valence-electron chi connectivity index (χ0n) is 12.6. The number of carboxylic acids is 1. The van der Waals surface area contributed by atoms with Gasteiger partial charge in [0.15, 0.2) is 9.84 Å². The van der Waals surface area contributed by atoms with Crippen LogP contribution in [0.3, 0.4) is 0 Å². The van der Waals surface area contributed by atoms with E-state index >= 15 is 0 Å². The summed E-state index contributed by atoms with van der Waals surface area (Å²) in [5.74, 6) is -0.796. The standard InChI is InChI=1S/C18H18O4S/c19-18(20)8-4-5-15-9-11-16(12-10-15)13-14-23(21,22)17-6-2-1-3-7-17/h1-3,6-7,9-14H,4-5,8H2,(H,19,20)/b14-13+. The van der Waals surface area contributed by atoms with Crippen LogP contribution in [-0.2, 0) is 21.1 Å². The summed E-state index contributed by atoms with van der Waals surface area (Å²) in [6, 6.07) is 15.7. The number of benzene rings is 2. The summed E-state index contributed by atoms with van der Waals surface area (Å²) in [4.78, 5) is 10.7. The summed E-state index contributed by atoms with van der Waals surface area (Å²) in [6.45, 7) is 0. The van der Waals surface area contributed by atoms with Gasteiger partial charge in [-0.15, -0.1) is 0 Å². The molecule has 0 aliphatic heterocycles. The Morgan fingerprint density at radius 2 is 1.65 bits per heavy atom. The van der Waals surface area contributed by atoms with Crippen molar-refractivity contribution in [1.29, 1.82) is 0 Å². The Bertz CT molecular complexity index is 776. The van der Waals surface area contributed by atoms with Gasteiger partial charge in [-0.2, -0.15) is 0 Å². The molecular weight excluding hydrogens is 312 g/mol. The van der Waals surface area contributed by atoms with Crippen LogP contribution in [0.25, 0.3) is 6.08 Å². The molecule has 2 aromatic rings. The first kappa shape index (κ1) is 17.0. The zero-order chi connectivity index (χ0) is 16.7. The van der Waals surface area contributed by atoms with Crippen LogP contribution in [0.4, 0.5) is 0 Å². The highest BCUT2D eigenvalue weighted by atomic mass is 32.2. The van der Waals surface area contributed by atoms with Crippen molar-refractivity contribution in [1.82, 2.24) is 0 Å². The van der Waals surface area contributed by atoms with Crippen molar-refractivity contribution < 1.29 is 18.3 Å². The molecule has 120 valence electrons. The highest BCUT2D eigenvalue weighted by Crippen LogP contribution is 2.14. The third-order valence-electron chi connectivity index (χ3n) is 3.35. The van der Waals surface area contributed by atoms with Crippen molar-refractivity contribution in [3.05, 3.63) is 71.1 Å². The van der Waals surface area contributed by atoms with Gasteiger partial charge in [-0.05, 0) is 42.2 Å². The number of sulfone groups is 1. The van der Waals surface area contributed by atoms with E-state index in [-0.39, 0.29) is 11.3 Å². The number of hydrogen-bond acceptors (Lipinski definition) is 3. The van der Waals surface area contributed by atoms with Crippen molar-refractivity contribution in [2.45, 2.75) is 24.2 Å². The summed E-state index contributed by atoms with van der Waals surface area (Å²) >= 11 is 0. The number of rotatable bonds is 7. The van der Waals surface area contributed by atoms with Gasteiger partial charge >= 0.3 is 5.97 Å². The van der Waals surface area contributed by atoms with Crippen LogP contribution < -0.4 is 0 Å². The van der Waals surface area contributed by atoms with E-state index in [2.05, 4.69) is 0 Å². The summed E-state index contributed by atoms with van der Waals surface area (Å²) < 4.78 is 24.3. The molecule has 4 nitrogen and oxygen atoms in total. The smallest absolute Gasteiger partial charge is 0.303 e. The molecule has 0 heterocycles. The minimum atomic E-state index is -3.44. The zero-order valence-corrected chi connectivity index (χ0v) is 13.4. The van der Waals surface area contributed by atoms with E-state index in [1.807, 2.05) is 24.3 Å². The number of aliphatic carboxylic acids is 1. The molecule has 0 saturated carbocycles. The second-order valence-electron chi connectivity index (χ2n) is 5.15. The van der Waals surface area contributed by atoms with Crippen molar-refractivity contribution in [3.8, 4) is 0 Å². The molecule has 5 heteroatoms. The van der Waals surface area contributed by atoms with Crippen molar-refractivity contribution in [3.63, 3.8) is 0 Å². The van der Waals surface area contributed by atoms with Crippen LogP contribution in [0.1, 0.15) is 24.0 Å². The van der Waals surface area contributed by atoms with Gasteiger partial charge in [-0.1, -0.05) is 42.5 Å². The van der Waals surface area contributed by atoms with Gasteiger partial charge < -0.3 is 5.11 Å². The summed E-state index contributed by atoms with van der Waals surface area (Å²) in [6.07, 6.45) is 2.99. The lowest BCUT2D eigenvalue weighted by molar-refractivity contribution is -0.137. The molecule has 0 spiro atoms. The molecule has 0 atom stereocenters. The van der Waals surface area contributed by atoms with Gasteiger partial charge in [0.25, 0.3) is 0 Å². The maximum Gasteiger partial charge on any atom is 0.303 e. The van der Waals surface area contributed by atoms with Crippen molar-refractivity contribution in [2.75, 3.05) is 0 Å². The Balaban J connectivity index is 2.02. The van der Waals surface area contributed by atoms with Crippen LogP contribution in [0.5, 0.6) is 0 Å². The lowest BCUT2D eigenvalue weighted by Gasteiger charge is -2.01. The fourth-order valence-electron chi connectivity index (χ4n) is 2.10. The number of carboxylic acid groups (broad SMARTS) is 1. The third kappa shape index (κ3) is 5.38. The highest BCUT2D eigenvalue weighted by Gasteiger charge is 2.08. The lowest BCUT2D eigenvalue weighted by atomic mass is 10.1. The summed E-state index contributed by atoms with van der Waals surface area (Å²) in [7, 11) is -3.44. The van der Waals surface area contributed by atoms with Crippen molar-refractivity contribution >= 4 is 21.9 Å². The van der Waals surface area contributed by atoms with E-state index in [1.54, 1.807) is 36.4 Å². The van der Waals surface area contributed by atoms with Gasteiger partial charge in [0.2, 0.25) is 0 Å². The van der Waals surface area contributed by atoms with Gasteiger partial charge in [-0.25, -0.2) is 8.42 Å². The molecule has 0 radical (unpaired) electrons. The quantitative estimate of drug-likeness (QED) is 0.843. The number of aryl methyl sites for hydroxylation is 1. The molecule has 0 aliphatic rings.